The van der Waals surface area contributed by atoms with E-state index in [0.717, 1.165) is 19.4 Å². The van der Waals surface area contributed by atoms with Crippen LogP contribution in [0, 0.1) is 12.3 Å². The van der Waals surface area contributed by atoms with Gasteiger partial charge < -0.3 is 10.1 Å². The van der Waals surface area contributed by atoms with Gasteiger partial charge in [-0.25, -0.2) is 0 Å². The van der Waals surface area contributed by atoms with Crippen LogP contribution in [0.2, 0.25) is 0 Å². The van der Waals surface area contributed by atoms with Crippen molar-refractivity contribution >= 4 is 0 Å². The maximum Gasteiger partial charge on any atom is 0.0802 e. The quantitative estimate of drug-likeness (QED) is 0.635. The predicted molar refractivity (Wildman–Crippen MR) is 49.9 cm³/mol. The molecule has 0 amide bonds. The molecule has 12 heavy (non-hydrogen) atoms. The fourth-order valence-corrected chi connectivity index (χ4v) is 1.42. The number of hydrogen-bond acceptors (Lipinski definition) is 2. The lowest BCUT2D eigenvalue weighted by molar-refractivity contribution is -0.0698. The number of terminal acetylenes is 1. The molecule has 1 N–H and O–H groups in total. The summed E-state index contributed by atoms with van der Waals surface area (Å²) in [6.45, 7) is 2.87. The smallest absolute Gasteiger partial charge is 0.0802 e. The SMILES string of the molecule is C#CC(C)NCC1(OC)CCC1. The molecule has 0 saturated heterocycles. The molecule has 0 aromatic carbocycles. The molecule has 0 heterocycles. The minimum Gasteiger partial charge on any atom is -0.377 e. The van der Waals surface area contributed by atoms with Gasteiger partial charge in [-0.2, -0.15) is 0 Å². The zero-order valence-corrected chi connectivity index (χ0v) is 7.89. The van der Waals surface area contributed by atoms with Crippen LogP contribution < -0.4 is 5.32 Å². The van der Waals surface area contributed by atoms with E-state index in [4.69, 9.17) is 11.2 Å². The molecule has 1 rings (SSSR count). The largest absolute Gasteiger partial charge is 0.377 e. The van der Waals surface area contributed by atoms with Crippen molar-refractivity contribution in [2.45, 2.75) is 37.8 Å². The number of nitrogens with one attached hydrogen (secondary N) is 1. The van der Waals surface area contributed by atoms with Gasteiger partial charge in [0.1, 0.15) is 0 Å². The van der Waals surface area contributed by atoms with Crippen molar-refractivity contribution in [2.75, 3.05) is 13.7 Å². The average Bonchev–Trinajstić information content (AvgIpc) is 2.03. The summed E-state index contributed by atoms with van der Waals surface area (Å²) in [6.07, 6.45) is 8.85. The topological polar surface area (TPSA) is 21.3 Å². The highest BCUT2D eigenvalue weighted by Gasteiger charge is 2.36. The molecule has 1 fully saturated rings. The lowest BCUT2D eigenvalue weighted by Crippen LogP contribution is -2.49. The summed E-state index contributed by atoms with van der Waals surface area (Å²) in [5, 5.41) is 3.26. The minimum absolute atomic E-state index is 0.0884. The van der Waals surface area contributed by atoms with Gasteiger partial charge in [0, 0.05) is 13.7 Å². The van der Waals surface area contributed by atoms with Gasteiger partial charge >= 0.3 is 0 Å². The summed E-state index contributed by atoms with van der Waals surface area (Å²) < 4.78 is 5.44. The lowest BCUT2D eigenvalue weighted by Gasteiger charge is -2.41. The minimum atomic E-state index is 0.0884. The van der Waals surface area contributed by atoms with E-state index >= 15 is 0 Å². The van der Waals surface area contributed by atoms with Gasteiger partial charge in [0.05, 0.1) is 11.6 Å². The Morgan fingerprint density at radius 1 is 1.67 bits per heavy atom. The average molecular weight is 167 g/mol. The Bertz CT molecular complexity index is 173. The van der Waals surface area contributed by atoms with Crippen molar-refractivity contribution in [3.8, 4) is 12.3 Å². The molecule has 0 radical (unpaired) electrons. The first-order valence-electron chi connectivity index (χ1n) is 4.47. The summed E-state index contributed by atoms with van der Waals surface area (Å²) in [4.78, 5) is 0. The predicted octanol–water partition coefficient (Wildman–Crippen LogP) is 1.17. The van der Waals surface area contributed by atoms with Crippen LogP contribution in [-0.2, 0) is 4.74 Å². The fraction of sp³-hybridized carbons (Fsp3) is 0.800. The zero-order valence-electron chi connectivity index (χ0n) is 7.89. The lowest BCUT2D eigenvalue weighted by atomic mass is 9.80. The van der Waals surface area contributed by atoms with Gasteiger partial charge in [-0.15, -0.1) is 6.42 Å². The molecule has 2 heteroatoms. The highest BCUT2D eigenvalue weighted by atomic mass is 16.5. The summed E-state index contributed by atoms with van der Waals surface area (Å²) >= 11 is 0. The van der Waals surface area contributed by atoms with E-state index in [1.54, 1.807) is 7.11 Å². The summed E-state index contributed by atoms with van der Waals surface area (Å²) in [5.41, 5.74) is 0.0884. The number of ether oxygens (including phenoxy) is 1. The summed E-state index contributed by atoms with van der Waals surface area (Å²) in [7, 11) is 1.78. The van der Waals surface area contributed by atoms with Gasteiger partial charge in [0.2, 0.25) is 0 Å². The third kappa shape index (κ3) is 2.00. The Balaban J connectivity index is 2.25. The molecular weight excluding hydrogens is 150 g/mol. The second kappa shape index (κ2) is 3.93. The van der Waals surface area contributed by atoms with E-state index in [9.17, 15) is 0 Å². The Labute approximate surface area is 74.7 Å². The first kappa shape index (κ1) is 9.57. The molecular formula is C10H17NO. The number of rotatable bonds is 4. The van der Waals surface area contributed by atoms with E-state index in [2.05, 4.69) is 11.2 Å². The standard InChI is InChI=1S/C10H17NO/c1-4-9(2)11-8-10(12-3)6-5-7-10/h1,9,11H,5-8H2,2-3H3. The Kier molecular flexibility index (Phi) is 3.13. The van der Waals surface area contributed by atoms with Gasteiger partial charge in [0.15, 0.2) is 0 Å². The number of methoxy groups -OCH3 is 1. The van der Waals surface area contributed by atoms with Crippen LogP contribution in [0.15, 0.2) is 0 Å². The first-order valence-corrected chi connectivity index (χ1v) is 4.47. The van der Waals surface area contributed by atoms with Crippen molar-refractivity contribution in [1.82, 2.24) is 5.32 Å². The first-order chi connectivity index (χ1) is 5.72. The monoisotopic (exact) mass is 167 g/mol. The van der Waals surface area contributed by atoms with Crippen LogP contribution in [-0.4, -0.2) is 25.3 Å². The highest BCUT2D eigenvalue weighted by Crippen LogP contribution is 2.34. The number of hydrogen-bond donors (Lipinski definition) is 1. The zero-order chi connectivity index (χ0) is 9.03. The molecule has 0 aliphatic heterocycles. The molecule has 0 bridgehead atoms. The summed E-state index contributed by atoms with van der Waals surface area (Å²) in [5.74, 6) is 2.64. The Morgan fingerprint density at radius 2 is 2.33 bits per heavy atom. The van der Waals surface area contributed by atoms with Crippen LogP contribution in [0.25, 0.3) is 0 Å². The molecule has 1 aliphatic carbocycles. The van der Waals surface area contributed by atoms with Crippen molar-refractivity contribution in [3.05, 3.63) is 0 Å². The fourth-order valence-electron chi connectivity index (χ4n) is 1.42. The van der Waals surface area contributed by atoms with Gasteiger partial charge in [0.25, 0.3) is 0 Å². The second-order valence-electron chi connectivity index (χ2n) is 3.51. The van der Waals surface area contributed by atoms with Crippen LogP contribution in [0.3, 0.4) is 0 Å². The molecule has 0 spiro atoms. The Morgan fingerprint density at radius 3 is 2.67 bits per heavy atom. The second-order valence-corrected chi connectivity index (χ2v) is 3.51. The van der Waals surface area contributed by atoms with Crippen molar-refractivity contribution in [1.29, 1.82) is 0 Å². The van der Waals surface area contributed by atoms with E-state index in [1.165, 1.54) is 6.42 Å². The van der Waals surface area contributed by atoms with E-state index in [0.29, 0.717) is 0 Å². The van der Waals surface area contributed by atoms with Gasteiger partial charge in [-0.3, -0.25) is 0 Å². The molecule has 68 valence electrons. The highest BCUT2D eigenvalue weighted by molar-refractivity contribution is 4.99. The molecule has 0 aromatic rings. The van der Waals surface area contributed by atoms with Gasteiger partial charge in [-0.05, 0) is 26.2 Å². The third-order valence-electron chi connectivity index (χ3n) is 2.68. The molecule has 1 aliphatic rings. The van der Waals surface area contributed by atoms with Crippen molar-refractivity contribution in [3.63, 3.8) is 0 Å². The molecule has 2 nitrogen and oxygen atoms in total. The Hall–Kier alpha value is -0.520. The molecule has 0 aromatic heterocycles. The maximum absolute atomic E-state index is 5.44. The van der Waals surface area contributed by atoms with Gasteiger partial charge in [-0.1, -0.05) is 5.92 Å². The van der Waals surface area contributed by atoms with Crippen LogP contribution in [0.4, 0.5) is 0 Å². The maximum atomic E-state index is 5.44. The third-order valence-corrected chi connectivity index (χ3v) is 2.68. The van der Waals surface area contributed by atoms with Crippen LogP contribution in [0.1, 0.15) is 26.2 Å². The van der Waals surface area contributed by atoms with E-state index in [1.807, 2.05) is 6.92 Å². The normalized spacial score (nSPS) is 22.4. The van der Waals surface area contributed by atoms with Crippen molar-refractivity contribution < 1.29 is 4.74 Å². The van der Waals surface area contributed by atoms with Crippen molar-refractivity contribution in [2.24, 2.45) is 0 Å². The van der Waals surface area contributed by atoms with E-state index in [-0.39, 0.29) is 11.6 Å². The summed E-state index contributed by atoms with van der Waals surface area (Å²) in [6, 6.07) is 0.151. The molecule has 1 saturated carbocycles. The molecule has 1 atom stereocenters. The van der Waals surface area contributed by atoms with Crippen LogP contribution >= 0.6 is 0 Å². The molecule has 1 unspecified atom stereocenters. The van der Waals surface area contributed by atoms with Crippen LogP contribution in [0.5, 0.6) is 0 Å². The van der Waals surface area contributed by atoms with E-state index < -0.39 is 0 Å².